The molecule has 2 aromatic carbocycles. The van der Waals surface area contributed by atoms with Gasteiger partial charge in [0, 0.05) is 24.2 Å². The largest absolute Gasteiger partial charge is 0.497 e. The molecular weight excluding hydrogens is 366 g/mol. The van der Waals surface area contributed by atoms with Gasteiger partial charge in [0.25, 0.3) is 5.69 Å². The summed E-state index contributed by atoms with van der Waals surface area (Å²) in [5, 5.41) is 14.9. The van der Waals surface area contributed by atoms with Gasteiger partial charge in [0.05, 0.1) is 31.4 Å². The van der Waals surface area contributed by atoms with Gasteiger partial charge in [-0.15, -0.1) is 0 Å². The number of hydrogen-bond acceptors (Lipinski definition) is 7. The third-order valence-electron chi connectivity index (χ3n) is 4.31. The molecule has 146 valence electrons. The van der Waals surface area contributed by atoms with Crippen molar-refractivity contribution >= 4 is 23.2 Å². The van der Waals surface area contributed by atoms with Crippen molar-refractivity contribution in [3.63, 3.8) is 0 Å². The van der Waals surface area contributed by atoms with Gasteiger partial charge in [0.1, 0.15) is 5.75 Å². The molecule has 0 saturated carbocycles. The van der Waals surface area contributed by atoms with Gasteiger partial charge in [-0.05, 0) is 42.0 Å². The van der Waals surface area contributed by atoms with Crippen LogP contribution in [-0.4, -0.2) is 43.6 Å². The molecular formula is C19H19N3O6. The quantitative estimate of drug-likeness (QED) is 0.558. The Labute approximate surface area is 161 Å². The van der Waals surface area contributed by atoms with Gasteiger partial charge < -0.3 is 14.3 Å². The Kier molecular flexibility index (Phi) is 5.73. The molecule has 0 N–H and O–H groups in total. The van der Waals surface area contributed by atoms with Crippen LogP contribution < -0.4 is 9.64 Å². The molecule has 9 heteroatoms. The van der Waals surface area contributed by atoms with E-state index < -0.39 is 11.0 Å². The number of carbonyl (C=O) groups is 1. The van der Waals surface area contributed by atoms with E-state index in [9.17, 15) is 14.9 Å². The van der Waals surface area contributed by atoms with E-state index in [0.717, 1.165) is 17.0 Å². The minimum Gasteiger partial charge on any atom is -0.497 e. The zero-order valence-corrected chi connectivity index (χ0v) is 15.4. The summed E-state index contributed by atoms with van der Waals surface area (Å²) in [6, 6.07) is 13.1. The predicted molar refractivity (Wildman–Crippen MR) is 102 cm³/mol. The van der Waals surface area contributed by atoms with Crippen LogP contribution >= 0.6 is 0 Å². The van der Waals surface area contributed by atoms with Gasteiger partial charge in [0.2, 0.25) is 0 Å². The number of anilines is 1. The average Bonchev–Trinajstić information content (AvgIpc) is 3.20. The van der Waals surface area contributed by atoms with Crippen LogP contribution in [0, 0.1) is 10.1 Å². The first-order chi connectivity index (χ1) is 13.5. The van der Waals surface area contributed by atoms with E-state index in [0.29, 0.717) is 12.1 Å². The molecule has 28 heavy (non-hydrogen) atoms. The fraction of sp³-hybridized carbons (Fsp3) is 0.263. The first-order valence-electron chi connectivity index (χ1n) is 8.49. The van der Waals surface area contributed by atoms with Crippen molar-refractivity contribution in [1.29, 1.82) is 0 Å². The molecule has 0 fully saturated rings. The van der Waals surface area contributed by atoms with Crippen LogP contribution in [0.25, 0.3) is 0 Å². The Morgan fingerprint density at radius 2 is 1.89 bits per heavy atom. The molecule has 1 amide bonds. The van der Waals surface area contributed by atoms with Crippen LogP contribution in [0.5, 0.6) is 5.75 Å². The average molecular weight is 385 g/mol. The van der Waals surface area contributed by atoms with Gasteiger partial charge in [-0.2, -0.15) is 0 Å². The molecule has 0 aromatic heterocycles. The predicted octanol–water partition coefficient (Wildman–Crippen LogP) is 3.37. The molecule has 3 rings (SSSR count). The van der Waals surface area contributed by atoms with E-state index in [4.69, 9.17) is 14.3 Å². The number of amides is 1. The molecule has 0 bridgehead atoms. The summed E-state index contributed by atoms with van der Waals surface area (Å²) in [6.07, 6.45) is -0.450. The van der Waals surface area contributed by atoms with Crippen LogP contribution in [0.1, 0.15) is 12.0 Å². The second-order valence-electron chi connectivity index (χ2n) is 6.05. The van der Waals surface area contributed by atoms with Crippen molar-refractivity contribution in [2.75, 3.05) is 25.7 Å². The third-order valence-corrected chi connectivity index (χ3v) is 4.31. The van der Waals surface area contributed by atoms with E-state index >= 15 is 0 Å². The monoisotopic (exact) mass is 385 g/mol. The van der Waals surface area contributed by atoms with Crippen LogP contribution in [-0.2, 0) is 9.57 Å². The highest BCUT2D eigenvalue weighted by Crippen LogP contribution is 2.24. The lowest BCUT2D eigenvalue weighted by molar-refractivity contribution is -0.384. The zero-order chi connectivity index (χ0) is 20.1. The number of rotatable bonds is 6. The molecule has 1 aliphatic rings. The van der Waals surface area contributed by atoms with Crippen molar-refractivity contribution in [2.45, 2.75) is 12.5 Å². The van der Waals surface area contributed by atoms with Crippen molar-refractivity contribution in [1.82, 2.24) is 0 Å². The molecule has 0 spiro atoms. The Hall–Kier alpha value is -3.62. The van der Waals surface area contributed by atoms with Crippen LogP contribution in [0.2, 0.25) is 0 Å². The molecule has 1 unspecified atom stereocenters. The number of oxime groups is 1. The minimum absolute atomic E-state index is 0.0594. The van der Waals surface area contributed by atoms with Gasteiger partial charge in [-0.1, -0.05) is 5.16 Å². The van der Waals surface area contributed by atoms with Gasteiger partial charge in [-0.3, -0.25) is 15.0 Å². The van der Waals surface area contributed by atoms with Crippen molar-refractivity contribution in [3.8, 4) is 5.75 Å². The van der Waals surface area contributed by atoms with Crippen molar-refractivity contribution in [3.05, 3.63) is 64.2 Å². The molecule has 0 aliphatic carbocycles. The minimum atomic E-state index is -0.588. The summed E-state index contributed by atoms with van der Waals surface area (Å²) < 4.78 is 9.98. The second-order valence-corrected chi connectivity index (χ2v) is 6.05. The number of non-ortho nitro benzene ring substituents is 1. The summed E-state index contributed by atoms with van der Waals surface area (Å²) in [7, 11) is 2.87. The molecule has 1 heterocycles. The Morgan fingerprint density at radius 1 is 1.21 bits per heavy atom. The summed E-state index contributed by atoms with van der Waals surface area (Å²) in [6.45, 7) is 0.188. The van der Waals surface area contributed by atoms with Gasteiger partial charge >= 0.3 is 6.09 Å². The maximum Gasteiger partial charge on any atom is 0.414 e. The van der Waals surface area contributed by atoms with Crippen LogP contribution in [0.3, 0.4) is 0 Å². The number of nitro benzene ring substituents is 1. The van der Waals surface area contributed by atoms with E-state index in [1.54, 1.807) is 7.11 Å². The molecule has 9 nitrogen and oxygen atoms in total. The molecule has 1 atom stereocenters. The van der Waals surface area contributed by atoms with E-state index in [2.05, 4.69) is 5.16 Å². The fourth-order valence-corrected chi connectivity index (χ4v) is 2.83. The summed E-state index contributed by atoms with van der Waals surface area (Å²) in [4.78, 5) is 29.4. The first kappa shape index (κ1) is 19.2. The number of nitro groups is 1. The Morgan fingerprint density at radius 3 is 2.46 bits per heavy atom. The van der Waals surface area contributed by atoms with Gasteiger partial charge in [-0.25, -0.2) is 4.79 Å². The topological polar surface area (TPSA) is 104 Å². The smallest absolute Gasteiger partial charge is 0.414 e. The van der Waals surface area contributed by atoms with Gasteiger partial charge in [0.15, 0.2) is 6.10 Å². The van der Waals surface area contributed by atoms with Crippen molar-refractivity contribution < 1.29 is 24.0 Å². The van der Waals surface area contributed by atoms with Crippen molar-refractivity contribution in [2.24, 2.45) is 5.16 Å². The van der Waals surface area contributed by atoms with E-state index in [1.165, 1.54) is 36.3 Å². The highest BCUT2D eigenvalue weighted by atomic mass is 16.6. The third kappa shape index (κ3) is 4.20. The Bertz CT molecular complexity index is 880. The maximum atomic E-state index is 12.2. The molecule has 0 saturated heterocycles. The maximum absolute atomic E-state index is 12.2. The highest BCUT2D eigenvalue weighted by Gasteiger charge is 2.28. The number of carbonyl (C=O) groups excluding carboxylic acids is 1. The molecule has 2 aromatic rings. The number of ether oxygens (including phenoxy) is 2. The fourth-order valence-electron chi connectivity index (χ4n) is 2.83. The Balaban J connectivity index is 1.70. The molecule has 1 aliphatic heterocycles. The number of benzene rings is 2. The number of hydrogen-bond donors (Lipinski definition) is 0. The van der Waals surface area contributed by atoms with E-state index in [1.807, 2.05) is 24.3 Å². The molecule has 0 radical (unpaired) electrons. The lowest BCUT2D eigenvalue weighted by Gasteiger charge is -2.23. The van der Waals surface area contributed by atoms with Crippen LogP contribution in [0.4, 0.5) is 16.2 Å². The van der Waals surface area contributed by atoms with E-state index in [-0.39, 0.29) is 18.3 Å². The highest BCUT2D eigenvalue weighted by molar-refractivity contribution is 6.01. The lowest BCUT2D eigenvalue weighted by atomic mass is 10.0. The standard InChI is InChI=1S/C19H19N3O6/c1-26-16-9-3-13(4-10-16)18-11-17(28-20-18)12-21(19(23)27-2)14-5-7-15(8-6-14)22(24)25/h3-10,17H,11-12H2,1-2H3. The second kappa shape index (κ2) is 8.38. The lowest BCUT2D eigenvalue weighted by Crippen LogP contribution is -2.37. The summed E-state index contributed by atoms with van der Waals surface area (Å²) in [5.41, 5.74) is 2.08. The first-order valence-corrected chi connectivity index (χ1v) is 8.49. The summed E-state index contributed by atoms with van der Waals surface area (Å²) >= 11 is 0. The normalized spacial score (nSPS) is 15.4. The SMILES string of the molecule is COC(=O)N(CC1CC(c2ccc(OC)cc2)=NO1)c1ccc([N+](=O)[O-])cc1. The number of nitrogens with zero attached hydrogens (tertiary/aromatic N) is 3. The van der Waals surface area contributed by atoms with Crippen LogP contribution in [0.15, 0.2) is 53.7 Å². The number of methoxy groups -OCH3 is 2. The zero-order valence-electron chi connectivity index (χ0n) is 15.4. The summed E-state index contributed by atoms with van der Waals surface area (Å²) in [5.74, 6) is 0.745.